The minimum absolute atomic E-state index is 0.0281. The Balaban J connectivity index is 1.47. The van der Waals surface area contributed by atoms with E-state index in [1.54, 1.807) is 10.5 Å². The largest absolute Gasteiger partial charge is 0.332 e. The summed E-state index contributed by atoms with van der Waals surface area (Å²) in [7, 11) is 0. The number of halogens is 1. The van der Waals surface area contributed by atoms with E-state index in [0.717, 1.165) is 29.5 Å². The van der Waals surface area contributed by atoms with Gasteiger partial charge in [0.25, 0.3) is 5.91 Å². The van der Waals surface area contributed by atoms with Crippen molar-refractivity contribution in [3.63, 3.8) is 0 Å². The minimum atomic E-state index is -0.417. The predicted octanol–water partition coefficient (Wildman–Crippen LogP) is 5.79. The molecule has 0 saturated carbocycles. The van der Waals surface area contributed by atoms with Gasteiger partial charge in [-0.3, -0.25) is 13.9 Å². The highest BCUT2D eigenvalue weighted by Crippen LogP contribution is 2.29. The lowest BCUT2D eigenvalue weighted by Gasteiger charge is -2.25. The Labute approximate surface area is 209 Å². The normalized spacial score (nSPS) is 16.3. The molecule has 6 nitrogen and oxygen atoms in total. The van der Waals surface area contributed by atoms with Crippen LogP contribution in [0.25, 0.3) is 22.5 Å². The number of amides is 1. The Hall–Kier alpha value is -4.26. The molecule has 36 heavy (non-hydrogen) atoms. The molecular formula is C29H28FN5O. The van der Waals surface area contributed by atoms with E-state index < -0.39 is 5.82 Å². The molecule has 182 valence electrons. The average Bonchev–Trinajstić information content (AvgIpc) is 3.64. The van der Waals surface area contributed by atoms with E-state index in [-0.39, 0.29) is 11.9 Å². The second-order valence-corrected chi connectivity index (χ2v) is 8.85. The first kappa shape index (κ1) is 23.5. The second-order valence-electron chi connectivity index (χ2n) is 8.85. The van der Waals surface area contributed by atoms with Gasteiger partial charge in [0.1, 0.15) is 22.9 Å². The number of carbonyl (C=O) groups is 1. The van der Waals surface area contributed by atoms with Gasteiger partial charge >= 0.3 is 0 Å². The molecule has 1 aliphatic rings. The Bertz CT molecular complexity index is 1460. The van der Waals surface area contributed by atoms with Crippen LogP contribution in [0.1, 0.15) is 35.8 Å². The van der Waals surface area contributed by atoms with E-state index in [0.29, 0.717) is 30.1 Å². The summed E-state index contributed by atoms with van der Waals surface area (Å²) in [6.07, 6.45) is 14.6. The van der Waals surface area contributed by atoms with E-state index in [2.05, 4.69) is 11.7 Å². The van der Waals surface area contributed by atoms with Crippen molar-refractivity contribution >= 4 is 17.1 Å². The minimum Gasteiger partial charge on any atom is -0.332 e. The van der Waals surface area contributed by atoms with Crippen LogP contribution in [0.2, 0.25) is 0 Å². The number of nitrogens with zero attached hydrogens (tertiary/aromatic N) is 5. The fourth-order valence-corrected chi connectivity index (χ4v) is 4.76. The topological polar surface area (TPSA) is 55.4 Å². The quantitative estimate of drug-likeness (QED) is 0.314. The highest BCUT2D eigenvalue weighted by molar-refractivity contribution is 6.00. The molecule has 4 aromatic rings. The van der Waals surface area contributed by atoms with Gasteiger partial charge in [0.05, 0.1) is 18.8 Å². The van der Waals surface area contributed by atoms with Crippen molar-refractivity contribution < 1.29 is 9.18 Å². The summed E-state index contributed by atoms with van der Waals surface area (Å²) in [5, 5.41) is 4.54. The number of carbonyl (C=O) groups excluding carboxylic acids is 1. The Morgan fingerprint density at radius 1 is 1.19 bits per heavy atom. The molecule has 1 aliphatic heterocycles. The van der Waals surface area contributed by atoms with Gasteiger partial charge in [-0.1, -0.05) is 61.2 Å². The lowest BCUT2D eigenvalue weighted by Crippen LogP contribution is -2.39. The monoisotopic (exact) mass is 481 g/mol. The molecule has 0 N–H and O–H groups in total. The third-order valence-electron chi connectivity index (χ3n) is 6.52. The summed E-state index contributed by atoms with van der Waals surface area (Å²) < 4.78 is 17.7. The smallest absolute Gasteiger partial charge is 0.273 e. The third kappa shape index (κ3) is 4.52. The molecule has 0 radical (unpaired) electrons. The van der Waals surface area contributed by atoms with E-state index in [4.69, 9.17) is 4.98 Å². The van der Waals surface area contributed by atoms with Gasteiger partial charge in [-0.2, -0.15) is 5.10 Å². The molecule has 0 spiro atoms. The van der Waals surface area contributed by atoms with Crippen LogP contribution in [0.4, 0.5) is 4.39 Å². The van der Waals surface area contributed by atoms with E-state index in [1.165, 1.54) is 12.3 Å². The predicted molar refractivity (Wildman–Crippen MR) is 140 cm³/mol. The summed E-state index contributed by atoms with van der Waals surface area (Å²) in [6, 6.07) is 12.5. The van der Waals surface area contributed by atoms with Crippen LogP contribution in [0.15, 0.2) is 91.9 Å². The SMILES string of the molecule is C=C/C(=C\C=C/C)c1cnn(C[C@@H]2CCCN2C(=O)c2c(-c3ccccc3)nc3ccc(F)cn23)c1. The lowest BCUT2D eigenvalue weighted by atomic mass is 10.1. The van der Waals surface area contributed by atoms with Gasteiger partial charge < -0.3 is 4.90 Å². The van der Waals surface area contributed by atoms with E-state index in [9.17, 15) is 9.18 Å². The first-order valence-corrected chi connectivity index (χ1v) is 12.1. The standard InChI is InChI=1S/C29H28FN5O/c1-3-5-10-21(4-2)23-17-31-33(18-23)20-25-13-9-16-34(25)29(36)28-27(22-11-7-6-8-12-22)32-26-15-14-24(30)19-35(26)28/h3-8,10-12,14-15,17-19,25H,2,9,13,16,20H2,1H3/b5-3-,21-10+/t25-/m0/s1. The lowest BCUT2D eigenvalue weighted by molar-refractivity contribution is 0.0715. The number of imidazole rings is 1. The first-order chi connectivity index (χ1) is 17.6. The number of rotatable bonds is 7. The van der Waals surface area contributed by atoms with Crippen molar-refractivity contribution in [2.45, 2.75) is 32.4 Å². The van der Waals surface area contributed by atoms with Crippen molar-refractivity contribution in [2.75, 3.05) is 6.54 Å². The zero-order valence-electron chi connectivity index (χ0n) is 20.2. The maximum atomic E-state index is 14.2. The van der Waals surface area contributed by atoms with E-state index >= 15 is 0 Å². The van der Waals surface area contributed by atoms with Crippen LogP contribution >= 0.6 is 0 Å². The number of pyridine rings is 1. The van der Waals surface area contributed by atoms with Gasteiger partial charge in [0.15, 0.2) is 0 Å². The van der Waals surface area contributed by atoms with Crippen LogP contribution in [-0.4, -0.2) is 42.6 Å². The number of allylic oxidation sites excluding steroid dienone is 5. The summed E-state index contributed by atoms with van der Waals surface area (Å²) in [4.78, 5) is 20.6. The number of hydrogen-bond acceptors (Lipinski definition) is 3. The fraction of sp³-hybridized carbons (Fsp3) is 0.207. The number of benzene rings is 1. The van der Waals surface area contributed by atoms with Gasteiger partial charge in [0, 0.05) is 30.1 Å². The Morgan fingerprint density at radius 2 is 2.03 bits per heavy atom. The molecule has 5 rings (SSSR count). The fourth-order valence-electron chi connectivity index (χ4n) is 4.76. The van der Waals surface area contributed by atoms with Crippen molar-refractivity contribution in [3.8, 4) is 11.3 Å². The molecule has 4 heterocycles. The van der Waals surface area contributed by atoms with Crippen molar-refractivity contribution in [1.82, 2.24) is 24.1 Å². The zero-order chi connectivity index (χ0) is 25.1. The van der Waals surface area contributed by atoms with Crippen LogP contribution < -0.4 is 0 Å². The van der Waals surface area contributed by atoms with Gasteiger partial charge in [0.2, 0.25) is 0 Å². The van der Waals surface area contributed by atoms with Gasteiger partial charge in [-0.25, -0.2) is 9.37 Å². The highest BCUT2D eigenvalue weighted by atomic mass is 19.1. The molecule has 1 fully saturated rings. The number of hydrogen-bond donors (Lipinski definition) is 0. The highest BCUT2D eigenvalue weighted by Gasteiger charge is 2.33. The van der Waals surface area contributed by atoms with Crippen LogP contribution in [0, 0.1) is 5.82 Å². The van der Waals surface area contributed by atoms with Crippen molar-refractivity contribution in [3.05, 3.63) is 109 Å². The summed E-state index contributed by atoms with van der Waals surface area (Å²) in [5.41, 5.74) is 4.26. The number of fused-ring (bicyclic) bond motifs is 1. The molecule has 7 heteroatoms. The maximum Gasteiger partial charge on any atom is 0.273 e. The van der Waals surface area contributed by atoms with Crippen molar-refractivity contribution in [1.29, 1.82) is 0 Å². The molecule has 0 aliphatic carbocycles. The van der Waals surface area contributed by atoms with Gasteiger partial charge in [-0.05, 0) is 37.5 Å². The van der Waals surface area contributed by atoms with E-state index in [1.807, 2.05) is 83.5 Å². The summed E-state index contributed by atoms with van der Waals surface area (Å²) in [5.74, 6) is -0.568. The Morgan fingerprint density at radius 3 is 2.81 bits per heavy atom. The number of aromatic nitrogens is 4. The maximum absolute atomic E-state index is 14.2. The van der Waals surface area contributed by atoms with Crippen LogP contribution in [0.3, 0.4) is 0 Å². The molecule has 0 unspecified atom stereocenters. The number of likely N-dealkylation sites (tertiary alicyclic amines) is 1. The van der Waals surface area contributed by atoms with Gasteiger partial charge in [-0.15, -0.1) is 0 Å². The second kappa shape index (κ2) is 10.2. The average molecular weight is 482 g/mol. The molecule has 1 amide bonds. The molecule has 0 bridgehead atoms. The Kier molecular flexibility index (Phi) is 6.62. The summed E-state index contributed by atoms with van der Waals surface area (Å²) >= 11 is 0. The van der Waals surface area contributed by atoms with Crippen LogP contribution in [0.5, 0.6) is 0 Å². The molecule has 1 saturated heterocycles. The molecular weight excluding hydrogens is 453 g/mol. The first-order valence-electron chi connectivity index (χ1n) is 12.1. The van der Waals surface area contributed by atoms with Crippen LogP contribution in [-0.2, 0) is 6.54 Å². The molecule has 3 aromatic heterocycles. The molecule has 1 aromatic carbocycles. The zero-order valence-corrected chi connectivity index (χ0v) is 20.2. The van der Waals surface area contributed by atoms with Crippen molar-refractivity contribution in [2.24, 2.45) is 0 Å². The third-order valence-corrected chi connectivity index (χ3v) is 6.52. The summed E-state index contributed by atoms with van der Waals surface area (Å²) in [6.45, 7) is 7.08. The molecule has 1 atom stereocenters.